The first kappa shape index (κ1) is 48.0. The van der Waals surface area contributed by atoms with Gasteiger partial charge in [-0.3, -0.25) is 0 Å². The van der Waals surface area contributed by atoms with Gasteiger partial charge in [0.15, 0.2) is 0 Å². The molecule has 0 aliphatic rings. The molecule has 0 spiro atoms. The number of hydrogen-bond donors (Lipinski definition) is 0. The topological polar surface area (TPSA) is 0 Å². The minimum Gasteiger partial charge on any atom is -0.200 e. The number of rotatable bonds is 27. The fourth-order valence-electron chi connectivity index (χ4n) is 5.20. The molecule has 0 aliphatic carbocycles. The average Bonchev–Trinajstić information content (AvgIpc) is 2.94. The minimum atomic E-state index is -8.27. The Morgan fingerprint density at radius 1 is 0.417 bits per heavy atom. The molecule has 0 aliphatic heterocycles. The second-order valence-corrected chi connectivity index (χ2v) is 21.6. The molecule has 0 saturated heterocycles. The van der Waals surface area contributed by atoms with Gasteiger partial charge >= 0.3 is 47.7 Å². The first-order valence-electron chi connectivity index (χ1n) is 16.0. The third kappa shape index (κ3) is 13.5. The van der Waals surface area contributed by atoms with Gasteiger partial charge < -0.3 is 0 Å². The second kappa shape index (κ2) is 19.8. The van der Waals surface area contributed by atoms with Crippen molar-refractivity contribution >= 4 is 39.2 Å². The number of unbranched alkanes of at least 4 members (excludes halogenated alkanes) is 13. The van der Waals surface area contributed by atoms with Crippen molar-refractivity contribution < 1.29 is 65.9 Å². The van der Waals surface area contributed by atoms with E-state index >= 15 is 0 Å². The van der Waals surface area contributed by atoms with Crippen molar-refractivity contribution in [1.29, 1.82) is 0 Å². The molecular formula is C29H44Cl3F15Si. The fourth-order valence-corrected chi connectivity index (χ4v) is 6.91. The van der Waals surface area contributed by atoms with Crippen LogP contribution >= 0.6 is 33.2 Å². The molecule has 1 unspecified atom stereocenters. The maximum Gasteiger partial charge on any atom is 0.460 e. The lowest BCUT2D eigenvalue weighted by Crippen LogP contribution is -2.72. The van der Waals surface area contributed by atoms with Gasteiger partial charge in [-0.2, -0.15) is 65.9 Å². The van der Waals surface area contributed by atoms with E-state index in [9.17, 15) is 65.9 Å². The van der Waals surface area contributed by atoms with Gasteiger partial charge in [-0.25, -0.2) is 0 Å². The summed E-state index contributed by atoms with van der Waals surface area (Å²) in [4.78, 5) is 0. The highest BCUT2D eigenvalue weighted by Gasteiger charge is 2.93. The first-order valence-corrected chi connectivity index (χ1v) is 21.3. The molecule has 0 nitrogen and oxygen atoms in total. The van der Waals surface area contributed by atoms with E-state index in [0.717, 1.165) is 38.5 Å². The highest BCUT2D eigenvalue weighted by molar-refractivity contribution is 7.64. The average molecular weight is 812 g/mol. The van der Waals surface area contributed by atoms with Crippen LogP contribution in [0.2, 0.25) is 6.04 Å². The Morgan fingerprint density at radius 2 is 0.750 bits per heavy atom. The molecule has 48 heavy (non-hydrogen) atoms. The van der Waals surface area contributed by atoms with Crippen LogP contribution in [-0.2, 0) is 0 Å². The van der Waals surface area contributed by atoms with Crippen LogP contribution in [0.15, 0.2) is 0 Å². The maximum atomic E-state index is 14.3. The summed E-state index contributed by atoms with van der Waals surface area (Å²) in [5, 5.41) is 0. The Kier molecular flexibility index (Phi) is 19.8. The minimum absolute atomic E-state index is 0.000281. The third-order valence-corrected chi connectivity index (χ3v) is 10.9. The summed E-state index contributed by atoms with van der Waals surface area (Å²) in [6.45, 7) is 2.16. The van der Waals surface area contributed by atoms with Gasteiger partial charge in [0.1, 0.15) is 0 Å². The Hall–Kier alpha value is 0.0369. The van der Waals surface area contributed by atoms with Gasteiger partial charge in [0.25, 0.3) is 0 Å². The lowest BCUT2D eigenvalue weighted by molar-refractivity contribution is -0.452. The highest BCUT2D eigenvalue weighted by atomic mass is 35.8. The van der Waals surface area contributed by atoms with Gasteiger partial charge in [0, 0.05) is 6.42 Å². The molecule has 1 atom stereocenters. The Labute approximate surface area is 287 Å². The van der Waals surface area contributed by atoms with Crippen molar-refractivity contribution in [2.24, 2.45) is 5.92 Å². The predicted octanol–water partition coefficient (Wildman–Crippen LogP) is 15.1. The second-order valence-electron chi connectivity index (χ2n) is 12.4. The number of halogens is 18. The zero-order valence-electron chi connectivity index (χ0n) is 26.5. The summed E-state index contributed by atoms with van der Waals surface area (Å²) >= 11 is 17.5. The van der Waals surface area contributed by atoms with Crippen molar-refractivity contribution in [2.45, 2.75) is 177 Å². The first-order chi connectivity index (χ1) is 21.6. The zero-order valence-corrected chi connectivity index (χ0v) is 29.8. The number of alkyl halides is 15. The monoisotopic (exact) mass is 810 g/mol. The predicted molar refractivity (Wildman–Crippen MR) is 161 cm³/mol. The van der Waals surface area contributed by atoms with E-state index in [1.54, 1.807) is 0 Å². The summed E-state index contributed by atoms with van der Waals surface area (Å²) in [5.41, 5.74) is 0. The molecule has 0 N–H and O–H groups in total. The van der Waals surface area contributed by atoms with E-state index in [4.69, 9.17) is 33.2 Å². The fraction of sp³-hybridized carbons (Fsp3) is 1.00. The molecule has 290 valence electrons. The Bertz CT molecular complexity index is 894. The summed E-state index contributed by atoms with van der Waals surface area (Å²) in [6.07, 6.45) is 3.67. The quantitative estimate of drug-likeness (QED) is 0.0335. The van der Waals surface area contributed by atoms with Crippen molar-refractivity contribution in [3.05, 3.63) is 0 Å². The molecule has 0 heterocycles. The van der Waals surface area contributed by atoms with Crippen LogP contribution < -0.4 is 0 Å². The standard InChI is InChI=1S/C29H44Cl3F15Si/c1-2-3-4-5-6-7-8-9-10-11-12-13-14-15-17-22(19-21-48(30,31)32)18-16-20-23(33,34)24(35,36)25(37,38)26(39,40)27(41,42)28(43,44)29(45,46)47/h22H,2-21H2,1H3. The SMILES string of the molecule is CCCCCCCCCCCCCCCCC(CCCC(F)(F)C(F)(F)C(F)(F)C(F)(F)C(F)(F)C(F)(F)C(F)(F)F)CC[Si](Cl)(Cl)Cl. The van der Waals surface area contributed by atoms with E-state index in [1.165, 1.54) is 38.5 Å². The summed E-state index contributed by atoms with van der Waals surface area (Å²) < 4.78 is 202. The van der Waals surface area contributed by atoms with Gasteiger partial charge in [0.05, 0.1) is 0 Å². The lowest BCUT2D eigenvalue weighted by atomic mass is 9.87. The molecule has 0 saturated carbocycles. The molecule has 0 aromatic heterocycles. The normalized spacial score (nSPS) is 15.3. The van der Waals surface area contributed by atoms with Crippen LogP contribution in [0.1, 0.15) is 129 Å². The molecule has 0 rings (SSSR count). The Balaban J connectivity index is 5.15. The van der Waals surface area contributed by atoms with Crippen molar-refractivity contribution in [2.75, 3.05) is 0 Å². The lowest BCUT2D eigenvalue weighted by Gasteiger charge is -2.41. The van der Waals surface area contributed by atoms with Crippen LogP contribution in [0.4, 0.5) is 65.9 Å². The van der Waals surface area contributed by atoms with E-state index in [-0.39, 0.29) is 12.5 Å². The van der Waals surface area contributed by atoms with Crippen LogP contribution in [0.5, 0.6) is 0 Å². The van der Waals surface area contributed by atoms with Crippen LogP contribution in [0, 0.1) is 5.92 Å². The Morgan fingerprint density at radius 3 is 1.12 bits per heavy atom. The van der Waals surface area contributed by atoms with E-state index in [0.29, 0.717) is 19.3 Å². The third-order valence-electron chi connectivity index (χ3n) is 8.30. The van der Waals surface area contributed by atoms with Crippen molar-refractivity contribution in [3.63, 3.8) is 0 Å². The van der Waals surface area contributed by atoms with Crippen LogP contribution in [0.3, 0.4) is 0 Å². The van der Waals surface area contributed by atoms with E-state index < -0.39 is 72.9 Å². The van der Waals surface area contributed by atoms with Gasteiger partial charge in [-0.15, -0.1) is 33.2 Å². The molecule has 0 aromatic carbocycles. The molecule has 0 bridgehead atoms. The number of hydrogen-bond acceptors (Lipinski definition) is 0. The maximum absolute atomic E-state index is 14.3. The van der Waals surface area contributed by atoms with Crippen LogP contribution in [-0.4, -0.2) is 47.7 Å². The highest BCUT2D eigenvalue weighted by Crippen LogP contribution is 2.62. The van der Waals surface area contributed by atoms with E-state index in [1.807, 2.05) is 0 Å². The molecule has 0 aromatic rings. The van der Waals surface area contributed by atoms with Gasteiger partial charge in [-0.1, -0.05) is 110 Å². The molecular weight excluding hydrogens is 768 g/mol. The van der Waals surface area contributed by atoms with Crippen molar-refractivity contribution in [3.8, 4) is 0 Å². The van der Waals surface area contributed by atoms with Crippen molar-refractivity contribution in [1.82, 2.24) is 0 Å². The summed E-state index contributed by atoms with van der Waals surface area (Å²) in [7, 11) is 0. The zero-order chi connectivity index (χ0) is 37.7. The van der Waals surface area contributed by atoms with Crippen LogP contribution in [0.25, 0.3) is 0 Å². The molecule has 0 radical (unpaired) electrons. The largest absolute Gasteiger partial charge is 0.460 e. The van der Waals surface area contributed by atoms with Gasteiger partial charge in [0.2, 0.25) is 0 Å². The van der Waals surface area contributed by atoms with Gasteiger partial charge in [-0.05, 0) is 24.8 Å². The van der Waals surface area contributed by atoms with E-state index in [2.05, 4.69) is 6.92 Å². The summed E-state index contributed by atoms with van der Waals surface area (Å²) in [6, 6.07) is -3.25. The summed E-state index contributed by atoms with van der Waals surface area (Å²) in [5.74, 6) is -46.8. The molecule has 0 amide bonds. The molecule has 0 fully saturated rings. The molecule has 19 heteroatoms. The smallest absolute Gasteiger partial charge is 0.200 e.